The first-order chi connectivity index (χ1) is 23.2. The monoisotopic (exact) mass is 637 g/mol. The van der Waals surface area contributed by atoms with Crippen molar-refractivity contribution in [2.75, 3.05) is 26.2 Å². The van der Waals surface area contributed by atoms with Crippen LogP contribution in [0.3, 0.4) is 0 Å². The fraction of sp³-hybridized carbons (Fsp3) is 0.279. The molecule has 4 aromatic carbocycles. The summed E-state index contributed by atoms with van der Waals surface area (Å²) in [5.41, 5.74) is 10.4. The molecule has 0 fully saturated rings. The average Bonchev–Trinajstić information content (AvgIpc) is 3.11. The Labute approximate surface area is 286 Å². The summed E-state index contributed by atoms with van der Waals surface area (Å²) in [5.74, 6) is -0.244. The first-order valence-corrected chi connectivity index (χ1v) is 17.0. The molecule has 2 amide bonds. The molecule has 0 aliphatic carbocycles. The molecule has 0 aliphatic rings. The summed E-state index contributed by atoms with van der Waals surface area (Å²) in [5, 5.41) is 0. The van der Waals surface area contributed by atoms with Gasteiger partial charge in [0.05, 0.1) is 0 Å². The molecule has 0 atom stereocenters. The molecule has 0 spiro atoms. The number of rotatable bonds is 14. The highest BCUT2D eigenvalue weighted by atomic mass is 16.2. The first-order valence-electron chi connectivity index (χ1n) is 17.0. The van der Waals surface area contributed by atoms with Crippen molar-refractivity contribution in [3.8, 4) is 0 Å². The number of hydrogen-bond acceptors (Lipinski definition) is 3. The van der Waals surface area contributed by atoms with Crippen LogP contribution in [0, 0.1) is 27.7 Å². The van der Waals surface area contributed by atoms with Crippen molar-refractivity contribution in [2.24, 2.45) is 0 Å². The maximum Gasteiger partial charge on any atom is 0.272 e. The second-order valence-electron chi connectivity index (χ2n) is 13.0. The lowest BCUT2D eigenvalue weighted by Crippen LogP contribution is -2.36. The SMILES string of the molecule is Cc1ccc(CCN(CCc2ccc(C)cc2)C(=O)c2ccnc(C(=O)N(CCc3ccc(C)cc3)CCc3ccc(C)cc3)c2)cc1. The zero-order valence-corrected chi connectivity index (χ0v) is 28.8. The van der Waals surface area contributed by atoms with Crippen molar-refractivity contribution in [2.45, 2.75) is 53.4 Å². The Morgan fingerprint density at radius 3 is 1.10 bits per heavy atom. The van der Waals surface area contributed by atoms with E-state index in [0.29, 0.717) is 37.4 Å². The van der Waals surface area contributed by atoms with Crippen molar-refractivity contribution in [3.05, 3.63) is 171 Å². The molecule has 5 nitrogen and oxygen atoms in total. The van der Waals surface area contributed by atoms with Gasteiger partial charge >= 0.3 is 0 Å². The van der Waals surface area contributed by atoms with Crippen molar-refractivity contribution >= 4 is 11.8 Å². The van der Waals surface area contributed by atoms with E-state index in [0.717, 1.165) is 25.7 Å². The van der Waals surface area contributed by atoms with Crippen LogP contribution in [0.25, 0.3) is 0 Å². The summed E-state index contributed by atoms with van der Waals surface area (Å²) in [6.45, 7) is 10.6. The minimum Gasteiger partial charge on any atom is -0.338 e. The molecule has 0 saturated carbocycles. The predicted molar refractivity (Wildman–Crippen MR) is 196 cm³/mol. The predicted octanol–water partition coefficient (Wildman–Crippen LogP) is 8.17. The second kappa shape index (κ2) is 16.7. The molecule has 1 aromatic heterocycles. The Hall–Kier alpha value is -5.03. The number of hydrogen-bond donors (Lipinski definition) is 0. The van der Waals surface area contributed by atoms with Crippen molar-refractivity contribution < 1.29 is 9.59 Å². The summed E-state index contributed by atoms with van der Waals surface area (Å²) in [6.07, 6.45) is 4.58. The highest BCUT2D eigenvalue weighted by Crippen LogP contribution is 2.15. The Morgan fingerprint density at radius 2 is 0.771 bits per heavy atom. The Balaban J connectivity index is 1.34. The zero-order valence-electron chi connectivity index (χ0n) is 28.8. The van der Waals surface area contributed by atoms with Crippen LogP contribution in [0.1, 0.15) is 65.4 Å². The highest BCUT2D eigenvalue weighted by molar-refractivity contribution is 5.98. The van der Waals surface area contributed by atoms with E-state index in [9.17, 15) is 9.59 Å². The van der Waals surface area contributed by atoms with Crippen LogP contribution >= 0.6 is 0 Å². The third kappa shape index (κ3) is 9.98. The highest BCUT2D eigenvalue weighted by Gasteiger charge is 2.21. The standard InChI is InChI=1S/C43H47N3O2/c1-32-5-13-36(14-6-32)22-27-45(28-23-37-15-7-33(2)8-16-37)42(47)40-21-26-44-41(31-40)43(48)46(29-24-38-17-9-34(3)10-18-38)30-25-39-19-11-35(4)12-20-39/h5-21,26,31H,22-25,27-30H2,1-4H3. The van der Waals surface area contributed by atoms with E-state index in [-0.39, 0.29) is 11.8 Å². The molecule has 5 heteroatoms. The van der Waals surface area contributed by atoms with Crippen LogP contribution in [-0.2, 0) is 25.7 Å². The molecule has 5 rings (SSSR count). The van der Waals surface area contributed by atoms with Gasteiger partial charge in [0.2, 0.25) is 0 Å². The number of benzene rings is 4. The van der Waals surface area contributed by atoms with Crippen LogP contribution in [0.2, 0.25) is 0 Å². The van der Waals surface area contributed by atoms with Gasteiger partial charge in [0.15, 0.2) is 0 Å². The van der Waals surface area contributed by atoms with Crippen molar-refractivity contribution in [1.82, 2.24) is 14.8 Å². The molecule has 1 heterocycles. The van der Waals surface area contributed by atoms with Gasteiger partial charge < -0.3 is 9.80 Å². The third-order valence-corrected chi connectivity index (χ3v) is 8.96. The van der Waals surface area contributed by atoms with Gasteiger partial charge in [-0.05, 0) is 87.8 Å². The first kappa shape index (κ1) is 34.3. The lowest BCUT2D eigenvalue weighted by molar-refractivity contribution is 0.0752. The molecule has 5 aromatic rings. The summed E-state index contributed by atoms with van der Waals surface area (Å²) < 4.78 is 0. The van der Waals surface area contributed by atoms with Crippen LogP contribution in [0.5, 0.6) is 0 Å². The van der Waals surface area contributed by atoms with Gasteiger partial charge in [-0.25, -0.2) is 0 Å². The quantitative estimate of drug-likeness (QED) is 0.123. The van der Waals surface area contributed by atoms with Crippen LogP contribution in [0.15, 0.2) is 115 Å². The number of nitrogens with zero attached hydrogens (tertiary/aromatic N) is 3. The summed E-state index contributed by atoms with van der Waals surface area (Å²) in [6, 6.07) is 37.3. The Kier molecular flexibility index (Phi) is 11.9. The van der Waals surface area contributed by atoms with Gasteiger partial charge in [-0.15, -0.1) is 0 Å². The lowest BCUT2D eigenvalue weighted by atomic mass is 10.1. The summed E-state index contributed by atoms with van der Waals surface area (Å²) in [4.78, 5) is 36.4. The molecule has 0 radical (unpaired) electrons. The van der Waals surface area contributed by atoms with Crippen LogP contribution in [-0.4, -0.2) is 52.8 Å². The van der Waals surface area contributed by atoms with Gasteiger partial charge in [0, 0.05) is 37.9 Å². The van der Waals surface area contributed by atoms with E-state index in [4.69, 9.17) is 0 Å². The topological polar surface area (TPSA) is 53.5 Å². The fourth-order valence-electron chi connectivity index (χ4n) is 5.73. The Bertz CT molecular complexity index is 1550. The molecule has 48 heavy (non-hydrogen) atoms. The number of aromatic nitrogens is 1. The number of aryl methyl sites for hydroxylation is 4. The lowest BCUT2D eigenvalue weighted by Gasteiger charge is -2.25. The third-order valence-electron chi connectivity index (χ3n) is 8.96. The fourth-order valence-corrected chi connectivity index (χ4v) is 5.73. The molecule has 0 saturated heterocycles. The molecule has 0 bridgehead atoms. The van der Waals surface area contributed by atoms with Crippen molar-refractivity contribution in [3.63, 3.8) is 0 Å². The minimum atomic E-state index is -0.158. The van der Waals surface area contributed by atoms with Gasteiger partial charge in [-0.2, -0.15) is 0 Å². The van der Waals surface area contributed by atoms with Gasteiger partial charge in [0.25, 0.3) is 11.8 Å². The number of pyridine rings is 1. The van der Waals surface area contributed by atoms with Gasteiger partial charge in [0.1, 0.15) is 5.69 Å². The average molecular weight is 638 g/mol. The summed E-state index contributed by atoms with van der Waals surface area (Å²) >= 11 is 0. The van der Waals surface area contributed by atoms with E-state index in [1.807, 2.05) is 9.80 Å². The van der Waals surface area contributed by atoms with E-state index in [1.54, 1.807) is 18.3 Å². The van der Waals surface area contributed by atoms with E-state index < -0.39 is 0 Å². The number of carbonyl (C=O) groups excluding carboxylic acids is 2. The molecule has 0 N–H and O–H groups in total. The zero-order chi connectivity index (χ0) is 33.9. The van der Waals surface area contributed by atoms with Crippen molar-refractivity contribution in [1.29, 1.82) is 0 Å². The molecule has 246 valence electrons. The second-order valence-corrected chi connectivity index (χ2v) is 13.0. The molecule has 0 aliphatic heterocycles. The van der Waals surface area contributed by atoms with E-state index in [1.165, 1.54) is 44.5 Å². The molecule has 0 unspecified atom stereocenters. The van der Waals surface area contributed by atoms with Crippen LogP contribution in [0.4, 0.5) is 0 Å². The summed E-state index contributed by atoms with van der Waals surface area (Å²) in [7, 11) is 0. The van der Waals surface area contributed by atoms with Gasteiger partial charge in [-0.1, -0.05) is 119 Å². The molecular weight excluding hydrogens is 590 g/mol. The minimum absolute atomic E-state index is 0.0865. The number of amides is 2. The van der Waals surface area contributed by atoms with E-state index >= 15 is 0 Å². The maximum atomic E-state index is 14.1. The van der Waals surface area contributed by atoms with E-state index in [2.05, 4.69) is 130 Å². The Morgan fingerprint density at radius 1 is 0.458 bits per heavy atom. The van der Waals surface area contributed by atoms with Gasteiger partial charge in [-0.3, -0.25) is 14.6 Å². The smallest absolute Gasteiger partial charge is 0.272 e. The van der Waals surface area contributed by atoms with Crippen LogP contribution < -0.4 is 0 Å². The largest absolute Gasteiger partial charge is 0.338 e. The maximum absolute atomic E-state index is 14.1. The number of carbonyl (C=O) groups is 2. The normalized spacial score (nSPS) is 10.9. The molecular formula is C43H47N3O2.